The van der Waals surface area contributed by atoms with Gasteiger partial charge < -0.3 is 15.7 Å². The molecule has 0 aromatic carbocycles. The predicted molar refractivity (Wildman–Crippen MR) is 71.8 cm³/mol. The molecule has 0 bridgehead atoms. The van der Waals surface area contributed by atoms with Crippen molar-refractivity contribution in [2.45, 2.75) is 52.0 Å². The molecule has 2 saturated carbocycles. The van der Waals surface area contributed by atoms with Crippen LogP contribution in [0, 0.1) is 17.3 Å². The molecule has 0 aromatic rings. The highest BCUT2D eigenvalue weighted by Gasteiger charge is 2.45. The third-order valence-electron chi connectivity index (χ3n) is 4.63. The molecule has 19 heavy (non-hydrogen) atoms. The molecule has 2 aliphatic carbocycles. The number of nitrogens with one attached hydrogen (secondary N) is 2. The van der Waals surface area contributed by atoms with E-state index in [0.717, 1.165) is 25.7 Å². The normalized spacial score (nSPS) is 32.4. The van der Waals surface area contributed by atoms with E-state index in [1.54, 1.807) is 0 Å². The lowest BCUT2D eigenvalue weighted by Crippen LogP contribution is -2.49. The molecule has 108 valence electrons. The molecule has 5 heteroatoms. The zero-order valence-electron chi connectivity index (χ0n) is 11.7. The largest absolute Gasteiger partial charge is 0.481 e. The van der Waals surface area contributed by atoms with Crippen molar-refractivity contribution in [3.63, 3.8) is 0 Å². The Balaban J connectivity index is 1.75. The fourth-order valence-corrected chi connectivity index (χ4v) is 2.96. The van der Waals surface area contributed by atoms with Gasteiger partial charge in [-0.1, -0.05) is 26.7 Å². The number of carboxylic acid groups (broad SMARTS) is 1. The van der Waals surface area contributed by atoms with Crippen molar-refractivity contribution in [3.05, 3.63) is 0 Å². The van der Waals surface area contributed by atoms with Crippen LogP contribution < -0.4 is 10.6 Å². The molecule has 5 nitrogen and oxygen atoms in total. The van der Waals surface area contributed by atoms with Gasteiger partial charge in [-0.05, 0) is 30.6 Å². The number of carbonyl (C=O) groups excluding carboxylic acids is 1. The lowest BCUT2D eigenvalue weighted by atomic mass is 9.84. The fourth-order valence-electron chi connectivity index (χ4n) is 2.96. The number of amides is 2. The molecule has 0 saturated heterocycles. The summed E-state index contributed by atoms with van der Waals surface area (Å²) in [7, 11) is 0. The van der Waals surface area contributed by atoms with Crippen molar-refractivity contribution in [1.29, 1.82) is 0 Å². The van der Waals surface area contributed by atoms with Crippen molar-refractivity contribution in [2.75, 3.05) is 6.54 Å². The Morgan fingerprint density at radius 3 is 2.47 bits per heavy atom. The van der Waals surface area contributed by atoms with Gasteiger partial charge in [-0.15, -0.1) is 0 Å². The average Bonchev–Trinajstić information content (AvgIpc) is 2.95. The summed E-state index contributed by atoms with van der Waals surface area (Å²) >= 11 is 0. The van der Waals surface area contributed by atoms with Crippen LogP contribution in [-0.2, 0) is 4.79 Å². The van der Waals surface area contributed by atoms with Gasteiger partial charge in [0.15, 0.2) is 0 Å². The van der Waals surface area contributed by atoms with Crippen molar-refractivity contribution < 1.29 is 14.7 Å². The van der Waals surface area contributed by atoms with Gasteiger partial charge >= 0.3 is 12.0 Å². The maximum atomic E-state index is 11.8. The smallest absolute Gasteiger partial charge is 0.315 e. The van der Waals surface area contributed by atoms with Gasteiger partial charge in [-0.25, -0.2) is 4.79 Å². The first kappa shape index (κ1) is 14.2. The molecule has 0 aromatic heterocycles. The van der Waals surface area contributed by atoms with Gasteiger partial charge in [0, 0.05) is 12.6 Å². The minimum absolute atomic E-state index is 0.221. The molecule has 3 unspecified atom stereocenters. The van der Waals surface area contributed by atoms with Crippen LogP contribution >= 0.6 is 0 Å². The number of aliphatic carboxylic acids is 1. The van der Waals surface area contributed by atoms with E-state index >= 15 is 0 Å². The lowest BCUT2D eigenvalue weighted by molar-refractivity contribution is -0.143. The molecule has 2 aliphatic rings. The average molecular weight is 268 g/mol. The van der Waals surface area contributed by atoms with Crippen LogP contribution in [0.5, 0.6) is 0 Å². The van der Waals surface area contributed by atoms with Gasteiger partial charge in [0.1, 0.15) is 0 Å². The van der Waals surface area contributed by atoms with E-state index in [9.17, 15) is 9.59 Å². The zero-order chi connectivity index (χ0) is 14.0. The van der Waals surface area contributed by atoms with Gasteiger partial charge in [0.05, 0.1) is 5.92 Å². The van der Waals surface area contributed by atoms with E-state index in [1.165, 1.54) is 0 Å². The summed E-state index contributed by atoms with van der Waals surface area (Å²) in [6.07, 6.45) is 4.50. The summed E-state index contributed by atoms with van der Waals surface area (Å²) in [4.78, 5) is 22.9. The van der Waals surface area contributed by atoms with Gasteiger partial charge in [0.2, 0.25) is 0 Å². The van der Waals surface area contributed by atoms with Gasteiger partial charge in [-0.3, -0.25) is 4.79 Å². The van der Waals surface area contributed by atoms with E-state index in [-0.39, 0.29) is 12.1 Å². The summed E-state index contributed by atoms with van der Waals surface area (Å²) in [6, 6.07) is -0.445. The van der Waals surface area contributed by atoms with E-state index in [4.69, 9.17) is 5.11 Å². The summed E-state index contributed by atoms with van der Waals surface area (Å²) < 4.78 is 0. The van der Waals surface area contributed by atoms with Crippen LogP contribution in [0.25, 0.3) is 0 Å². The van der Waals surface area contributed by atoms with E-state index < -0.39 is 11.9 Å². The molecule has 0 spiro atoms. The Morgan fingerprint density at radius 2 is 1.89 bits per heavy atom. The first-order chi connectivity index (χ1) is 8.90. The molecule has 2 rings (SSSR count). The van der Waals surface area contributed by atoms with Crippen molar-refractivity contribution in [2.24, 2.45) is 17.3 Å². The van der Waals surface area contributed by atoms with Crippen LogP contribution in [0.4, 0.5) is 4.79 Å². The molecule has 3 N–H and O–H groups in total. The van der Waals surface area contributed by atoms with Crippen LogP contribution in [0.15, 0.2) is 0 Å². The van der Waals surface area contributed by atoms with Crippen molar-refractivity contribution >= 4 is 12.0 Å². The SMILES string of the molecule is CC1(C)CC1CNC(=O)NC1CCCCC1C(=O)O. The van der Waals surface area contributed by atoms with Crippen LogP contribution in [0.2, 0.25) is 0 Å². The third kappa shape index (κ3) is 3.61. The molecular weight excluding hydrogens is 244 g/mol. The number of urea groups is 1. The minimum atomic E-state index is -0.798. The van der Waals surface area contributed by atoms with Gasteiger partial charge in [-0.2, -0.15) is 0 Å². The standard InChI is InChI=1S/C14H24N2O3/c1-14(2)7-9(14)8-15-13(19)16-11-6-4-3-5-10(11)12(17)18/h9-11H,3-8H2,1-2H3,(H,17,18)(H2,15,16,19). The quantitative estimate of drug-likeness (QED) is 0.729. The molecule has 2 fully saturated rings. The van der Waals surface area contributed by atoms with Crippen molar-refractivity contribution in [1.82, 2.24) is 10.6 Å². The summed E-state index contributed by atoms with van der Waals surface area (Å²) in [5.74, 6) is -0.676. The Labute approximate surface area is 114 Å². The second-order valence-corrected chi connectivity index (χ2v) is 6.58. The monoisotopic (exact) mass is 268 g/mol. The second-order valence-electron chi connectivity index (χ2n) is 6.58. The van der Waals surface area contributed by atoms with E-state index in [0.29, 0.717) is 24.3 Å². The molecule has 3 atom stereocenters. The van der Waals surface area contributed by atoms with Crippen LogP contribution in [0.1, 0.15) is 46.0 Å². The topological polar surface area (TPSA) is 78.4 Å². The third-order valence-corrected chi connectivity index (χ3v) is 4.63. The number of carbonyl (C=O) groups is 2. The first-order valence-electron chi connectivity index (χ1n) is 7.17. The number of hydrogen-bond donors (Lipinski definition) is 3. The highest BCUT2D eigenvalue weighted by molar-refractivity contribution is 5.76. The minimum Gasteiger partial charge on any atom is -0.481 e. The first-order valence-corrected chi connectivity index (χ1v) is 7.17. The molecule has 0 aliphatic heterocycles. The maximum Gasteiger partial charge on any atom is 0.315 e. The predicted octanol–water partition coefficient (Wildman–Crippen LogP) is 1.98. The van der Waals surface area contributed by atoms with Gasteiger partial charge in [0.25, 0.3) is 0 Å². The summed E-state index contributed by atoms with van der Waals surface area (Å²) in [6.45, 7) is 5.07. The Kier molecular flexibility index (Phi) is 4.02. The molecule has 2 amide bonds. The fraction of sp³-hybridized carbons (Fsp3) is 0.857. The van der Waals surface area contributed by atoms with Crippen molar-refractivity contribution in [3.8, 4) is 0 Å². The number of hydrogen-bond acceptors (Lipinski definition) is 2. The van der Waals surface area contributed by atoms with Crippen LogP contribution in [0.3, 0.4) is 0 Å². The molecule has 0 radical (unpaired) electrons. The van der Waals surface area contributed by atoms with Crippen LogP contribution in [-0.4, -0.2) is 29.7 Å². The molecule has 0 heterocycles. The highest BCUT2D eigenvalue weighted by atomic mass is 16.4. The Morgan fingerprint density at radius 1 is 1.26 bits per heavy atom. The molecular formula is C14H24N2O3. The summed E-state index contributed by atoms with van der Waals surface area (Å²) in [5.41, 5.74) is 0.349. The maximum absolute atomic E-state index is 11.8. The van der Waals surface area contributed by atoms with E-state index in [1.807, 2.05) is 0 Å². The Hall–Kier alpha value is -1.26. The lowest BCUT2D eigenvalue weighted by Gasteiger charge is -2.29. The number of rotatable bonds is 4. The Bertz CT molecular complexity index is 368. The highest BCUT2D eigenvalue weighted by Crippen LogP contribution is 2.50. The summed E-state index contributed by atoms with van der Waals surface area (Å²) in [5, 5.41) is 14.8. The van der Waals surface area contributed by atoms with E-state index in [2.05, 4.69) is 24.5 Å². The zero-order valence-corrected chi connectivity index (χ0v) is 11.7. The second kappa shape index (κ2) is 5.39. The number of carboxylic acids is 1.